The van der Waals surface area contributed by atoms with Crippen LogP contribution in [0.5, 0.6) is 5.75 Å². The summed E-state index contributed by atoms with van der Waals surface area (Å²) in [6.07, 6.45) is 1.95. The Hall–Kier alpha value is -2.82. The molecule has 0 aliphatic carbocycles. The molecule has 0 atom stereocenters. The molecular weight excluding hydrogens is 280 g/mol. The maximum Gasteiger partial charge on any atom is 0.337 e. The molecule has 2 aromatic carbocycles. The Balaban J connectivity index is 1.89. The predicted molar refractivity (Wildman–Crippen MR) is 83.2 cm³/mol. The molecule has 3 aromatic rings. The van der Waals surface area contributed by atoms with Gasteiger partial charge in [-0.05, 0) is 29.8 Å². The van der Waals surface area contributed by atoms with E-state index in [1.54, 1.807) is 19.2 Å². The highest BCUT2D eigenvalue weighted by atomic mass is 16.5. The van der Waals surface area contributed by atoms with Crippen molar-refractivity contribution in [1.82, 2.24) is 9.78 Å². The number of rotatable bonds is 4. The molecule has 1 heterocycles. The maximum atomic E-state index is 11.6. The molecule has 0 unspecified atom stereocenters. The Bertz CT molecular complexity index is 824. The molecule has 0 saturated carbocycles. The van der Waals surface area contributed by atoms with E-state index in [1.165, 1.54) is 7.11 Å². The second-order valence-electron chi connectivity index (χ2n) is 4.94. The first-order valence-electron chi connectivity index (χ1n) is 6.88. The van der Waals surface area contributed by atoms with E-state index in [-0.39, 0.29) is 5.97 Å². The third-order valence-electron chi connectivity index (χ3n) is 3.45. The average molecular weight is 296 g/mol. The standard InChI is InChI=1S/C17H16N2O3/c1-21-15-5-3-4-12(8-15)10-19-11-14-7-6-13(17(20)22-2)9-16(14)18-19/h3-9,11H,10H2,1-2H3. The fourth-order valence-corrected chi connectivity index (χ4v) is 2.35. The van der Waals surface area contributed by atoms with Crippen LogP contribution in [0.2, 0.25) is 0 Å². The van der Waals surface area contributed by atoms with Crippen molar-refractivity contribution in [3.63, 3.8) is 0 Å². The molecule has 0 bridgehead atoms. The van der Waals surface area contributed by atoms with Gasteiger partial charge in [0.15, 0.2) is 0 Å². The molecule has 1 aromatic heterocycles. The zero-order valence-electron chi connectivity index (χ0n) is 12.4. The van der Waals surface area contributed by atoms with E-state index in [4.69, 9.17) is 9.47 Å². The van der Waals surface area contributed by atoms with Gasteiger partial charge in [-0.25, -0.2) is 4.79 Å². The summed E-state index contributed by atoms with van der Waals surface area (Å²) < 4.78 is 11.8. The molecule has 0 radical (unpaired) electrons. The van der Waals surface area contributed by atoms with E-state index in [0.717, 1.165) is 22.2 Å². The van der Waals surface area contributed by atoms with Gasteiger partial charge >= 0.3 is 5.97 Å². The predicted octanol–water partition coefficient (Wildman–Crippen LogP) is 2.88. The molecule has 0 N–H and O–H groups in total. The molecule has 22 heavy (non-hydrogen) atoms. The quantitative estimate of drug-likeness (QED) is 0.695. The first-order chi connectivity index (χ1) is 10.7. The summed E-state index contributed by atoms with van der Waals surface area (Å²) in [5, 5.41) is 5.49. The summed E-state index contributed by atoms with van der Waals surface area (Å²) in [5.74, 6) is 0.464. The molecule has 0 amide bonds. The topological polar surface area (TPSA) is 53.4 Å². The number of carbonyl (C=O) groups excluding carboxylic acids is 1. The molecule has 5 heteroatoms. The molecule has 0 aliphatic heterocycles. The zero-order valence-corrected chi connectivity index (χ0v) is 12.4. The lowest BCUT2D eigenvalue weighted by molar-refractivity contribution is 0.0601. The third kappa shape index (κ3) is 2.79. The van der Waals surface area contributed by atoms with E-state index >= 15 is 0 Å². The first-order valence-corrected chi connectivity index (χ1v) is 6.88. The fraction of sp³-hybridized carbons (Fsp3) is 0.176. The van der Waals surface area contributed by atoms with E-state index in [1.807, 2.05) is 41.2 Å². The van der Waals surface area contributed by atoms with Crippen molar-refractivity contribution in [2.75, 3.05) is 14.2 Å². The SMILES string of the molecule is COC(=O)c1ccc2cn(Cc3cccc(OC)c3)nc2c1. The first kappa shape index (κ1) is 14.1. The molecule has 3 rings (SSSR count). The zero-order chi connectivity index (χ0) is 15.5. The highest BCUT2D eigenvalue weighted by Gasteiger charge is 2.08. The van der Waals surface area contributed by atoms with Crippen LogP contribution in [0, 0.1) is 0 Å². The van der Waals surface area contributed by atoms with Gasteiger partial charge in [0.25, 0.3) is 0 Å². The van der Waals surface area contributed by atoms with Crippen LogP contribution in [0.15, 0.2) is 48.7 Å². The Morgan fingerprint density at radius 3 is 2.82 bits per heavy atom. The van der Waals surface area contributed by atoms with Gasteiger partial charge in [-0.2, -0.15) is 5.10 Å². The molecule has 0 saturated heterocycles. The second kappa shape index (κ2) is 5.89. The lowest BCUT2D eigenvalue weighted by atomic mass is 10.2. The number of aromatic nitrogens is 2. The Morgan fingerprint density at radius 2 is 2.05 bits per heavy atom. The van der Waals surface area contributed by atoms with Gasteiger partial charge in [-0.1, -0.05) is 18.2 Å². The van der Waals surface area contributed by atoms with Crippen molar-refractivity contribution >= 4 is 16.9 Å². The van der Waals surface area contributed by atoms with Crippen LogP contribution in [0.4, 0.5) is 0 Å². The van der Waals surface area contributed by atoms with E-state index in [0.29, 0.717) is 12.1 Å². The highest BCUT2D eigenvalue weighted by molar-refractivity contribution is 5.94. The van der Waals surface area contributed by atoms with Crippen LogP contribution in [-0.4, -0.2) is 30.0 Å². The van der Waals surface area contributed by atoms with Gasteiger partial charge in [0.05, 0.1) is 31.8 Å². The van der Waals surface area contributed by atoms with Gasteiger partial charge in [-0.3, -0.25) is 4.68 Å². The maximum absolute atomic E-state index is 11.6. The van der Waals surface area contributed by atoms with Crippen molar-refractivity contribution in [2.24, 2.45) is 0 Å². The van der Waals surface area contributed by atoms with Crippen LogP contribution in [0.25, 0.3) is 10.9 Å². The van der Waals surface area contributed by atoms with Gasteiger partial charge in [0.1, 0.15) is 5.75 Å². The van der Waals surface area contributed by atoms with Gasteiger partial charge in [0, 0.05) is 11.6 Å². The molecular formula is C17H16N2O3. The van der Waals surface area contributed by atoms with E-state index in [2.05, 4.69) is 5.10 Å². The van der Waals surface area contributed by atoms with Crippen LogP contribution in [-0.2, 0) is 11.3 Å². The van der Waals surface area contributed by atoms with Crippen LogP contribution >= 0.6 is 0 Å². The van der Waals surface area contributed by atoms with Gasteiger partial charge in [0.2, 0.25) is 0 Å². The summed E-state index contributed by atoms with van der Waals surface area (Å²) in [7, 11) is 3.02. The summed E-state index contributed by atoms with van der Waals surface area (Å²) in [5.41, 5.74) is 2.37. The number of nitrogens with zero attached hydrogens (tertiary/aromatic N) is 2. The highest BCUT2D eigenvalue weighted by Crippen LogP contribution is 2.17. The van der Waals surface area contributed by atoms with Gasteiger partial charge < -0.3 is 9.47 Å². The normalized spacial score (nSPS) is 10.6. The number of ether oxygens (including phenoxy) is 2. The monoisotopic (exact) mass is 296 g/mol. The third-order valence-corrected chi connectivity index (χ3v) is 3.45. The Morgan fingerprint density at radius 1 is 1.18 bits per heavy atom. The summed E-state index contributed by atoms with van der Waals surface area (Å²) in [4.78, 5) is 11.6. The number of hydrogen-bond acceptors (Lipinski definition) is 4. The summed E-state index contributed by atoms with van der Waals surface area (Å²) in [6.45, 7) is 0.638. The smallest absolute Gasteiger partial charge is 0.337 e. The Labute approximate surface area is 128 Å². The lowest BCUT2D eigenvalue weighted by Crippen LogP contribution is -2.01. The molecule has 0 spiro atoms. The van der Waals surface area contributed by atoms with Gasteiger partial charge in [-0.15, -0.1) is 0 Å². The van der Waals surface area contributed by atoms with Crippen LogP contribution in [0.1, 0.15) is 15.9 Å². The minimum atomic E-state index is -0.357. The van der Waals surface area contributed by atoms with Crippen LogP contribution < -0.4 is 4.74 Å². The van der Waals surface area contributed by atoms with Crippen molar-refractivity contribution in [3.8, 4) is 5.75 Å². The number of carbonyl (C=O) groups is 1. The fourth-order valence-electron chi connectivity index (χ4n) is 2.35. The number of esters is 1. The summed E-state index contributed by atoms with van der Waals surface area (Å²) in [6, 6.07) is 13.2. The molecule has 112 valence electrons. The minimum absolute atomic E-state index is 0.357. The van der Waals surface area contributed by atoms with Crippen molar-refractivity contribution in [2.45, 2.75) is 6.54 Å². The second-order valence-corrected chi connectivity index (χ2v) is 4.94. The van der Waals surface area contributed by atoms with Crippen molar-refractivity contribution < 1.29 is 14.3 Å². The van der Waals surface area contributed by atoms with Crippen molar-refractivity contribution in [1.29, 1.82) is 0 Å². The molecule has 0 aliphatic rings. The number of benzene rings is 2. The minimum Gasteiger partial charge on any atom is -0.497 e. The summed E-state index contributed by atoms with van der Waals surface area (Å²) >= 11 is 0. The largest absolute Gasteiger partial charge is 0.497 e. The molecule has 0 fully saturated rings. The molecule has 5 nitrogen and oxygen atoms in total. The van der Waals surface area contributed by atoms with E-state index < -0.39 is 0 Å². The Kier molecular flexibility index (Phi) is 3.78. The number of hydrogen-bond donors (Lipinski definition) is 0. The average Bonchev–Trinajstić information content (AvgIpc) is 2.95. The lowest BCUT2D eigenvalue weighted by Gasteiger charge is -2.04. The number of methoxy groups -OCH3 is 2. The van der Waals surface area contributed by atoms with Crippen LogP contribution in [0.3, 0.4) is 0 Å². The van der Waals surface area contributed by atoms with Crippen molar-refractivity contribution in [3.05, 3.63) is 59.8 Å². The van der Waals surface area contributed by atoms with E-state index in [9.17, 15) is 4.79 Å². The number of fused-ring (bicyclic) bond motifs is 1.